The van der Waals surface area contributed by atoms with Gasteiger partial charge in [-0.3, -0.25) is 4.99 Å². The molecule has 3 nitrogen and oxygen atoms in total. The van der Waals surface area contributed by atoms with E-state index < -0.39 is 11.6 Å². The molecule has 1 aliphatic rings. The van der Waals surface area contributed by atoms with Gasteiger partial charge >= 0.3 is 6.18 Å². The van der Waals surface area contributed by atoms with E-state index in [9.17, 15) is 13.2 Å². The fraction of sp³-hybridized carbons (Fsp3) is 0.462. The lowest BCUT2D eigenvalue weighted by Crippen LogP contribution is -2.46. The van der Waals surface area contributed by atoms with Crippen LogP contribution in [0.2, 0.25) is 0 Å². The van der Waals surface area contributed by atoms with Gasteiger partial charge in [-0.15, -0.1) is 0 Å². The molecule has 0 aliphatic heterocycles. The maximum Gasteiger partial charge on any atom is 0.396 e. The summed E-state index contributed by atoms with van der Waals surface area (Å²) in [6.45, 7) is -0.303. The summed E-state index contributed by atoms with van der Waals surface area (Å²) in [5.41, 5.74) is 4.64. The molecule has 0 saturated heterocycles. The highest BCUT2D eigenvalue weighted by molar-refractivity contribution is 5.92. The summed E-state index contributed by atoms with van der Waals surface area (Å²) in [6.07, 6.45) is -3.33. The molecule has 104 valence electrons. The SMILES string of the molecule is NC(=NCC1(C(F)(F)F)CCC1)Nc1ccccc1. The van der Waals surface area contributed by atoms with Crippen LogP contribution in [0.25, 0.3) is 0 Å². The zero-order chi connectivity index (χ0) is 13.9. The highest BCUT2D eigenvalue weighted by Gasteiger charge is 2.58. The Hall–Kier alpha value is -1.72. The number of hydrogen-bond donors (Lipinski definition) is 2. The summed E-state index contributed by atoms with van der Waals surface area (Å²) in [4.78, 5) is 3.84. The van der Waals surface area contributed by atoms with Crippen molar-refractivity contribution < 1.29 is 13.2 Å². The van der Waals surface area contributed by atoms with Crippen LogP contribution >= 0.6 is 0 Å². The second kappa shape index (κ2) is 5.11. The number of alkyl halides is 3. The smallest absolute Gasteiger partial charge is 0.370 e. The molecule has 1 saturated carbocycles. The summed E-state index contributed by atoms with van der Waals surface area (Å²) in [5, 5.41) is 2.77. The summed E-state index contributed by atoms with van der Waals surface area (Å²) in [5.74, 6) is 0.0155. The van der Waals surface area contributed by atoms with E-state index in [1.54, 1.807) is 24.3 Å². The van der Waals surface area contributed by atoms with Crippen molar-refractivity contribution in [1.82, 2.24) is 0 Å². The van der Waals surface area contributed by atoms with Crippen LogP contribution in [0.3, 0.4) is 0 Å². The number of nitrogens with zero attached hydrogens (tertiary/aromatic N) is 1. The summed E-state index contributed by atoms with van der Waals surface area (Å²) in [6, 6.07) is 8.99. The van der Waals surface area contributed by atoms with Crippen LogP contribution < -0.4 is 11.1 Å². The molecule has 0 atom stereocenters. The van der Waals surface area contributed by atoms with Crippen molar-refractivity contribution in [2.75, 3.05) is 11.9 Å². The number of aliphatic imine (C=N–C) groups is 1. The molecule has 19 heavy (non-hydrogen) atoms. The van der Waals surface area contributed by atoms with Crippen molar-refractivity contribution >= 4 is 11.6 Å². The Kier molecular flexibility index (Phi) is 3.68. The molecule has 0 spiro atoms. The lowest BCUT2D eigenvalue weighted by Gasteiger charge is -2.41. The van der Waals surface area contributed by atoms with Crippen molar-refractivity contribution in [3.8, 4) is 0 Å². The molecule has 2 rings (SSSR count). The average molecular weight is 271 g/mol. The number of para-hydroxylation sites is 1. The molecule has 0 aromatic heterocycles. The van der Waals surface area contributed by atoms with Gasteiger partial charge in [0.1, 0.15) is 0 Å². The normalized spacial score (nSPS) is 18.8. The Morgan fingerprint density at radius 1 is 1.26 bits per heavy atom. The third kappa shape index (κ3) is 3.00. The van der Waals surface area contributed by atoms with Gasteiger partial charge in [0, 0.05) is 5.69 Å². The zero-order valence-electron chi connectivity index (χ0n) is 10.4. The maximum absolute atomic E-state index is 12.9. The Morgan fingerprint density at radius 2 is 1.89 bits per heavy atom. The molecule has 1 aliphatic carbocycles. The van der Waals surface area contributed by atoms with Gasteiger partial charge in [0.05, 0.1) is 12.0 Å². The molecule has 1 aromatic carbocycles. The quantitative estimate of drug-likeness (QED) is 0.655. The van der Waals surface area contributed by atoms with Crippen LogP contribution in [-0.2, 0) is 0 Å². The van der Waals surface area contributed by atoms with Crippen LogP contribution in [-0.4, -0.2) is 18.7 Å². The van der Waals surface area contributed by atoms with Gasteiger partial charge in [0.25, 0.3) is 0 Å². The van der Waals surface area contributed by atoms with Gasteiger partial charge in [-0.2, -0.15) is 13.2 Å². The monoisotopic (exact) mass is 271 g/mol. The lowest BCUT2D eigenvalue weighted by molar-refractivity contribution is -0.245. The number of hydrogen-bond acceptors (Lipinski definition) is 1. The van der Waals surface area contributed by atoms with E-state index in [1.807, 2.05) is 6.07 Å². The van der Waals surface area contributed by atoms with E-state index in [0.717, 1.165) is 0 Å². The van der Waals surface area contributed by atoms with Gasteiger partial charge in [-0.05, 0) is 25.0 Å². The van der Waals surface area contributed by atoms with Crippen LogP contribution in [0, 0.1) is 5.41 Å². The Morgan fingerprint density at radius 3 is 2.37 bits per heavy atom. The van der Waals surface area contributed by atoms with E-state index in [-0.39, 0.29) is 25.3 Å². The predicted octanol–water partition coefficient (Wildman–Crippen LogP) is 3.15. The number of anilines is 1. The van der Waals surface area contributed by atoms with Crippen molar-refractivity contribution in [2.24, 2.45) is 16.1 Å². The molecular formula is C13H16F3N3. The van der Waals surface area contributed by atoms with Crippen LogP contribution in [0.15, 0.2) is 35.3 Å². The van der Waals surface area contributed by atoms with Crippen molar-refractivity contribution in [3.63, 3.8) is 0 Å². The second-order valence-electron chi connectivity index (χ2n) is 4.82. The second-order valence-corrected chi connectivity index (χ2v) is 4.82. The van der Waals surface area contributed by atoms with Gasteiger partial charge in [-0.25, -0.2) is 0 Å². The first-order valence-electron chi connectivity index (χ1n) is 6.12. The lowest BCUT2D eigenvalue weighted by atomic mass is 9.68. The van der Waals surface area contributed by atoms with Gasteiger partial charge < -0.3 is 11.1 Å². The number of halogens is 3. The summed E-state index contributed by atoms with van der Waals surface area (Å²) >= 11 is 0. The van der Waals surface area contributed by atoms with Crippen molar-refractivity contribution in [3.05, 3.63) is 30.3 Å². The average Bonchev–Trinajstić information content (AvgIpc) is 2.26. The first-order valence-corrected chi connectivity index (χ1v) is 6.12. The van der Waals surface area contributed by atoms with Crippen LogP contribution in [0.1, 0.15) is 19.3 Å². The van der Waals surface area contributed by atoms with E-state index >= 15 is 0 Å². The van der Waals surface area contributed by atoms with E-state index in [1.165, 1.54) is 0 Å². The molecule has 0 unspecified atom stereocenters. The zero-order valence-corrected chi connectivity index (χ0v) is 10.4. The Labute approximate surface area is 109 Å². The Bertz CT molecular complexity index is 450. The standard InChI is InChI=1S/C13H16F3N3/c14-13(15,16)12(7-4-8-12)9-18-11(17)19-10-5-2-1-3-6-10/h1-3,5-6H,4,7-9H2,(H3,17,18,19). The highest BCUT2D eigenvalue weighted by atomic mass is 19.4. The molecule has 0 radical (unpaired) electrons. The van der Waals surface area contributed by atoms with E-state index in [2.05, 4.69) is 10.3 Å². The third-order valence-electron chi connectivity index (χ3n) is 3.51. The minimum absolute atomic E-state index is 0.0155. The molecular weight excluding hydrogens is 255 g/mol. The Balaban J connectivity index is 1.98. The van der Waals surface area contributed by atoms with E-state index in [4.69, 9.17) is 5.73 Å². The van der Waals surface area contributed by atoms with Crippen molar-refractivity contribution in [1.29, 1.82) is 0 Å². The number of rotatable bonds is 3. The fourth-order valence-electron chi connectivity index (χ4n) is 2.08. The number of nitrogens with one attached hydrogen (secondary N) is 1. The molecule has 0 heterocycles. The van der Waals surface area contributed by atoms with Crippen LogP contribution in [0.5, 0.6) is 0 Å². The number of guanidine groups is 1. The number of nitrogens with two attached hydrogens (primary N) is 1. The maximum atomic E-state index is 12.9. The first kappa shape index (κ1) is 13.7. The molecule has 0 amide bonds. The minimum Gasteiger partial charge on any atom is -0.370 e. The van der Waals surface area contributed by atoms with Gasteiger partial charge in [0.2, 0.25) is 0 Å². The summed E-state index contributed by atoms with van der Waals surface area (Å²) in [7, 11) is 0. The van der Waals surface area contributed by atoms with Gasteiger partial charge in [0.15, 0.2) is 5.96 Å². The third-order valence-corrected chi connectivity index (χ3v) is 3.51. The molecule has 1 aromatic rings. The highest BCUT2D eigenvalue weighted by Crippen LogP contribution is 2.53. The topological polar surface area (TPSA) is 50.4 Å². The molecule has 6 heteroatoms. The molecule has 0 bridgehead atoms. The molecule has 1 fully saturated rings. The molecule has 3 N–H and O–H groups in total. The number of benzene rings is 1. The summed E-state index contributed by atoms with van der Waals surface area (Å²) < 4.78 is 38.7. The van der Waals surface area contributed by atoms with Crippen LogP contribution in [0.4, 0.5) is 18.9 Å². The fourth-order valence-corrected chi connectivity index (χ4v) is 2.08. The van der Waals surface area contributed by atoms with Gasteiger partial charge in [-0.1, -0.05) is 24.6 Å². The largest absolute Gasteiger partial charge is 0.396 e. The first-order chi connectivity index (χ1) is 8.93. The van der Waals surface area contributed by atoms with E-state index in [0.29, 0.717) is 12.1 Å². The minimum atomic E-state index is -4.21. The van der Waals surface area contributed by atoms with Crippen molar-refractivity contribution in [2.45, 2.75) is 25.4 Å². The predicted molar refractivity (Wildman–Crippen MR) is 68.9 cm³/mol.